The van der Waals surface area contributed by atoms with E-state index in [1.54, 1.807) is 0 Å². The number of carbonyl (C=O) groups is 3. The zero-order valence-corrected chi connectivity index (χ0v) is 33.7. The summed E-state index contributed by atoms with van der Waals surface area (Å²) >= 11 is 0. The van der Waals surface area contributed by atoms with Crippen molar-refractivity contribution >= 4 is 17.9 Å². The van der Waals surface area contributed by atoms with Crippen LogP contribution in [0, 0.1) is 0 Å². The second-order valence-corrected chi connectivity index (χ2v) is 13.8. The summed E-state index contributed by atoms with van der Waals surface area (Å²) < 4.78 is 17.1. The molecule has 0 spiro atoms. The topological polar surface area (TPSA) is 99.1 Å². The number of hydrogen-bond donors (Lipinski definition) is 1. The Bertz CT molecular complexity index is 1180. The third-order valence-corrected chi connectivity index (χ3v) is 7.98. The molecule has 0 amide bonds. The maximum Gasteiger partial charge on any atom is 0.362 e. The molecule has 8 nitrogen and oxygen atoms in total. The number of likely N-dealkylation sites (N-methyl/N-ethyl adjacent to an activating group) is 1. The maximum absolute atomic E-state index is 12.6. The highest BCUT2D eigenvalue weighted by molar-refractivity contribution is 5.72. The minimum Gasteiger partial charge on any atom is -0.477 e. The van der Waals surface area contributed by atoms with Crippen LogP contribution in [0.1, 0.15) is 117 Å². The van der Waals surface area contributed by atoms with Crippen LogP contribution in [0.25, 0.3) is 0 Å². The fourth-order valence-corrected chi connectivity index (χ4v) is 4.96. The quantitative estimate of drug-likeness (QED) is 0.0310. The Kier molecular flexibility index (Phi) is 32.8. The van der Waals surface area contributed by atoms with Crippen LogP contribution in [0.3, 0.4) is 0 Å². The van der Waals surface area contributed by atoms with E-state index in [1.807, 2.05) is 21.1 Å². The fourth-order valence-electron chi connectivity index (χ4n) is 4.96. The molecule has 2 unspecified atom stereocenters. The molecule has 1 N–H and O–H groups in total. The first kappa shape index (κ1) is 49.2. The summed E-state index contributed by atoms with van der Waals surface area (Å²) in [7, 11) is 5.47. The van der Waals surface area contributed by atoms with Gasteiger partial charge < -0.3 is 23.8 Å². The average molecular weight is 739 g/mol. The lowest BCUT2D eigenvalue weighted by atomic mass is 10.1. The molecule has 0 saturated carbocycles. The molecule has 0 saturated heterocycles. The van der Waals surface area contributed by atoms with Crippen molar-refractivity contribution in [3.05, 3.63) is 97.2 Å². The zero-order valence-electron chi connectivity index (χ0n) is 33.7. The number of esters is 2. The highest BCUT2D eigenvalue weighted by Gasteiger charge is 2.31. The molecule has 53 heavy (non-hydrogen) atoms. The van der Waals surface area contributed by atoms with E-state index in [-0.39, 0.29) is 49.1 Å². The Hall–Kier alpha value is -3.75. The number of hydrogen-bond acceptors (Lipinski definition) is 6. The zero-order chi connectivity index (χ0) is 39.3. The fraction of sp³-hybridized carbons (Fsp3) is 0.578. The highest BCUT2D eigenvalue weighted by Crippen LogP contribution is 2.11. The summed E-state index contributed by atoms with van der Waals surface area (Å²) in [5.41, 5.74) is 0. The maximum atomic E-state index is 12.6. The van der Waals surface area contributed by atoms with Crippen molar-refractivity contribution in [3.63, 3.8) is 0 Å². The molecule has 0 aromatic carbocycles. The van der Waals surface area contributed by atoms with Gasteiger partial charge >= 0.3 is 17.9 Å². The van der Waals surface area contributed by atoms with Crippen LogP contribution in [-0.2, 0) is 28.6 Å². The second-order valence-electron chi connectivity index (χ2n) is 13.8. The van der Waals surface area contributed by atoms with E-state index in [9.17, 15) is 19.5 Å². The number of carbonyl (C=O) groups excluding carboxylic acids is 2. The molecule has 0 heterocycles. The summed E-state index contributed by atoms with van der Waals surface area (Å²) in [6, 6.07) is -0.633. The summed E-state index contributed by atoms with van der Waals surface area (Å²) in [4.78, 5) is 36.7. The Morgan fingerprint density at radius 3 is 1.45 bits per heavy atom. The van der Waals surface area contributed by atoms with Crippen molar-refractivity contribution in [2.24, 2.45) is 0 Å². The van der Waals surface area contributed by atoms with E-state index in [2.05, 4.69) is 111 Å². The molecule has 0 aromatic rings. The average Bonchev–Trinajstić information content (AvgIpc) is 3.11. The molecule has 0 aliphatic carbocycles. The molecule has 0 rings (SSSR count). The molecular weight excluding hydrogens is 666 g/mol. The van der Waals surface area contributed by atoms with Gasteiger partial charge in [0.2, 0.25) is 0 Å². The van der Waals surface area contributed by atoms with Crippen molar-refractivity contribution < 1.29 is 38.2 Å². The van der Waals surface area contributed by atoms with Crippen molar-refractivity contribution in [2.75, 3.05) is 41.0 Å². The van der Waals surface area contributed by atoms with Crippen LogP contribution < -0.4 is 0 Å². The molecule has 0 radical (unpaired) electrons. The number of unbranched alkanes of at least 4 members (excludes halogenated alkanes) is 3. The van der Waals surface area contributed by atoms with Crippen molar-refractivity contribution in [1.82, 2.24) is 0 Å². The van der Waals surface area contributed by atoms with Gasteiger partial charge in [-0.05, 0) is 83.5 Å². The normalized spacial score (nSPS) is 14.1. The third kappa shape index (κ3) is 33.8. The van der Waals surface area contributed by atoms with Crippen LogP contribution in [0.4, 0.5) is 0 Å². The summed E-state index contributed by atoms with van der Waals surface area (Å²) in [5, 5.41) is 9.58. The summed E-state index contributed by atoms with van der Waals surface area (Å²) in [5.74, 6) is -1.61. The SMILES string of the molecule is CC/C=C/C/C=C/C/C=C/C/C=C/C/C=C/C/C=C/CCCC(=O)OCC(COCCC(C(=O)O)[N+](C)(C)C)OC(=O)CCCC/C=C/C/C=C/CC. The number of rotatable bonds is 33. The minimum absolute atomic E-state index is 0.0229. The summed E-state index contributed by atoms with van der Waals surface area (Å²) in [6.45, 7) is 4.36. The van der Waals surface area contributed by atoms with Gasteiger partial charge in [0, 0.05) is 19.3 Å². The molecule has 0 fully saturated rings. The summed E-state index contributed by atoms with van der Waals surface area (Å²) in [6.07, 6.45) is 46.2. The Morgan fingerprint density at radius 2 is 1.00 bits per heavy atom. The van der Waals surface area contributed by atoms with Gasteiger partial charge in [-0.3, -0.25) is 9.59 Å². The van der Waals surface area contributed by atoms with Crippen molar-refractivity contribution in [3.8, 4) is 0 Å². The van der Waals surface area contributed by atoms with Crippen LogP contribution in [0.5, 0.6) is 0 Å². The number of quaternary nitrogens is 1. The largest absolute Gasteiger partial charge is 0.477 e. The number of nitrogens with zero attached hydrogens (tertiary/aromatic N) is 1. The van der Waals surface area contributed by atoms with Crippen molar-refractivity contribution in [1.29, 1.82) is 0 Å². The smallest absolute Gasteiger partial charge is 0.362 e. The van der Waals surface area contributed by atoms with Crippen molar-refractivity contribution in [2.45, 2.75) is 129 Å². The predicted molar refractivity (Wildman–Crippen MR) is 219 cm³/mol. The molecule has 0 aromatic heterocycles. The molecule has 0 aliphatic rings. The van der Waals surface area contributed by atoms with Gasteiger partial charge in [0.1, 0.15) is 6.61 Å². The molecule has 0 bridgehead atoms. The van der Waals surface area contributed by atoms with E-state index in [4.69, 9.17) is 14.2 Å². The monoisotopic (exact) mass is 739 g/mol. The molecule has 2 atom stereocenters. The number of carboxylic acids is 1. The van der Waals surface area contributed by atoms with E-state index in [0.29, 0.717) is 19.3 Å². The van der Waals surface area contributed by atoms with E-state index < -0.39 is 18.1 Å². The van der Waals surface area contributed by atoms with Gasteiger partial charge in [0.05, 0.1) is 34.4 Å². The lowest BCUT2D eigenvalue weighted by Gasteiger charge is -2.31. The first-order chi connectivity index (χ1) is 25.6. The standard InChI is InChI=1S/C45H71NO7/c1-6-8-10-12-14-16-17-18-19-20-21-22-23-24-25-26-28-29-31-33-35-43(47)52-40-41(39-51-38-37-42(45(49)50)46(3,4)5)53-44(48)36-34-32-30-27-15-13-11-9-7-2/h8-11,14-16,18-19,21-22,24-25,27-29,41-42H,6-7,12-13,17,20,23,26,30-40H2,1-5H3/p+1/b10-8+,11-9+,16-14+,19-18+,22-21+,25-24+,27-15+,29-28+. The van der Waals surface area contributed by atoms with E-state index in [1.165, 1.54) is 0 Å². The molecular formula is C45H72NO7+. The molecule has 0 aliphatic heterocycles. The first-order valence-electron chi connectivity index (χ1n) is 19.8. The minimum atomic E-state index is -0.894. The van der Waals surface area contributed by atoms with Gasteiger partial charge in [-0.25, -0.2) is 4.79 Å². The number of carboxylic acid groups (broad SMARTS) is 1. The second kappa shape index (κ2) is 35.3. The van der Waals surface area contributed by atoms with E-state index >= 15 is 0 Å². The molecule has 8 heteroatoms. The van der Waals surface area contributed by atoms with Gasteiger partial charge in [-0.2, -0.15) is 0 Å². The van der Waals surface area contributed by atoms with Gasteiger partial charge in [0.15, 0.2) is 12.1 Å². The number of allylic oxidation sites excluding steroid dienone is 16. The molecule has 298 valence electrons. The van der Waals surface area contributed by atoms with Crippen LogP contribution in [-0.4, -0.2) is 80.6 Å². The van der Waals surface area contributed by atoms with Gasteiger partial charge in [-0.15, -0.1) is 0 Å². The van der Waals surface area contributed by atoms with Gasteiger partial charge in [-0.1, -0.05) is 111 Å². The van der Waals surface area contributed by atoms with Crippen LogP contribution in [0.15, 0.2) is 97.2 Å². The Balaban J connectivity index is 4.48. The lowest BCUT2D eigenvalue weighted by Crippen LogP contribution is -2.50. The van der Waals surface area contributed by atoms with Crippen LogP contribution in [0.2, 0.25) is 0 Å². The number of ether oxygens (including phenoxy) is 3. The van der Waals surface area contributed by atoms with Crippen LogP contribution >= 0.6 is 0 Å². The number of aliphatic carboxylic acids is 1. The first-order valence-corrected chi connectivity index (χ1v) is 19.8. The Labute approximate surface area is 322 Å². The highest BCUT2D eigenvalue weighted by atomic mass is 16.6. The van der Waals surface area contributed by atoms with E-state index in [0.717, 1.165) is 70.6 Å². The third-order valence-electron chi connectivity index (χ3n) is 7.98. The predicted octanol–water partition coefficient (Wildman–Crippen LogP) is 10.3. The van der Waals surface area contributed by atoms with Gasteiger partial charge in [0.25, 0.3) is 0 Å². The Morgan fingerprint density at radius 1 is 0.566 bits per heavy atom. The lowest BCUT2D eigenvalue weighted by molar-refractivity contribution is -0.887.